The van der Waals surface area contributed by atoms with E-state index in [0.717, 1.165) is 6.42 Å². The Kier molecular flexibility index (Phi) is 3.95. The molecular formula is C16H18F2N2S. The van der Waals surface area contributed by atoms with Crippen molar-refractivity contribution < 1.29 is 8.78 Å². The number of rotatable bonds is 3. The Bertz CT molecular complexity index is 630. The first kappa shape index (κ1) is 14.5. The van der Waals surface area contributed by atoms with Crippen LogP contribution in [0.4, 0.5) is 14.5 Å². The third kappa shape index (κ3) is 2.56. The molecule has 0 amide bonds. The average molecular weight is 308 g/mol. The Labute approximate surface area is 127 Å². The Balaban J connectivity index is 1.98. The number of hydrogen-bond acceptors (Lipinski definition) is 3. The number of thiophene rings is 1. The fourth-order valence-electron chi connectivity index (χ4n) is 3.02. The number of fused-ring (bicyclic) bond motifs is 1. The lowest BCUT2D eigenvalue weighted by Gasteiger charge is -2.36. The average Bonchev–Trinajstić information content (AvgIpc) is 2.90. The first-order chi connectivity index (χ1) is 10.1. The molecule has 0 spiro atoms. The molecule has 2 nitrogen and oxygen atoms in total. The zero-order valence-electron chi connectivity index (χ0n) is 11.9. The molecule has 1 aromatic carbocycles. The minimum atomic E-state index is -0.496. The van der Waals surface area contributed by atoms with Crippen LogP contribution in [0.3, 0.4) is 0 Å². The van der Waals surface area contributed by atoms with Crippen molar-refractivity contribution in [2.45, 2.75) is 25.8 Å². The van der Waals surface area contributed by atoms with Crippen LogP contribution in [-0.2, 0) is 12.8 Å². The minimum Gasteiger partial charge on any atom is -0.360 e. The summed E-state index contributed by atoms with van der Waals surface area (Å²) in [6.07, 6.45) is 1.32. The van der Waals surface area contributed by atoms with Gasteiger partial charge in [-0.3, -0.25) is 0 Å². The van der Waals surface area contributed by atoms with Gasteiger partial charge in [0.25, 0.3) is 0 Å². The Morgan fingerprint density at radius 2 is 2.05 bits per heavy atom. The number of nitrogens with zero attached hydrogens (tertiary/aromatic N) is 1. The van der Waals surface area contributed by atoms with Gasteiger partial charge in [0.2, 0.25) is 0 Å². The van der Waals surface area contributed by atoms with Crippen molar-refractivity contribution in [2.24, 2.45) is 5.73 Å². The van der Waals surface area contributed by atoms with Crippen LogP contribution >= 0.6 is 11.3 Å². The molecule has 0 bridgehead atoms. The third-order valence-electron chi connectivity index (χ3n) is 4.07. The van der Waals surface area contributed by atoms with Gasteiger partial charge in [0.15, 0.2) is 0 Å². The van der Waals surface area contributed by atoms with Crippen molar-refractivity contribution in [3.8, 4) is 0 Å². The molecule has 0 saturated carbocycles. The number of hydrogen-bond donors (Lipinski definition) is 1. The monoisotopic (exact) mass is 308 g/mol. The summed E-state index contributed by atoms with van der Waals surface area (Å²) in [4.78, 5) is 3.14. The lowest BCUT2D eigenvalue weighted by atomic mass is 10.00. The van der Waals surface area contributed by atoms with Crippen molar-refractivity contribution in [1.82, 2.24) is 0 Å². The molecule has 2 heterocycles. The van der Waals surface area contributed by atoms with Crippen molar-refractivity contribution in [3.05, 3.63) is 51.2 Å². The maximum absolute atomic E-state index is 14.4. The van der Waals surface area contributed by atoms with Crippen LogP contribution in [0.15, 0.2) is 23.6 Å². The Hall–Kier alpha value is -1.46. The van der Waals surface area contributed by atoms with Crippen molar-refractivity contribution in [2.75, 3.05) is 18.0 Å². The second kappa shape index (κ2) is 5.73. The van der Waals surface area contributed by atoms with Crippen molar-refractivity contribution in [1.29, 1.82) is 0 Å². The zero-order chi connectivity index (χ0) is 15.0. The van der Waals surface area contributed by atoms with Crippen LogP contribution in [0.1, 0.15) is 29.0 Å². The molecule has 0 aliphatic carbocycles. The topological polar surface area (TPSA) is 29.3 Å². The molecule has 0 fully saturated rings. The summed E-state index contributed by atoms with van der Waals surface area (Å²) in [6.45, 7) is 3.02. The van der Waals surface area contributed by atoms with Gasteiger partial charge in [0.1, 0.15) is 17.3 Å². The normalized spacial score (nSPS) is 17.9. The van der Waals surface area contributed by atoms with Gasteiger partial charge in [-0.1, -0.05) is 0 Å². The van der Waals surface area contributed by atoms with Crippen LogP contribution < -0.4 is 10.6 Å². The van der Waals surface area contributed by atoms with Crippen LogP contribution in [0.5, 0.6) is 0 Å². The van der Waals surface area contributed by atoms with Crippen LogP contribution in [0.25, 0.3) is 0 Å². The van der Waals surface area contributed by atoms with E-state index in [0.29, 0.717) is 25.1 Å². The van der Waals surface area contributed by atoms with Gasteiger partial charge in [-0.2, -0.15) is 0 Å². The van der Waals surface area contributed by atoms with E-state index in [1.165, 1.54) is 22.6 Å². The molecule has 112 valence electrons. The molecule has 2 aromatic rings. The highest BCUT2D eigenvalue weighted by Crippen LogP contribution is 2.38. The maximum atomic E-state index is 14.4. The summed E-state index contributed by atoms with van der Waals surface area (Å²) in [5.41, 5.74) is 7.32. The fourth-order valence-corrected chi connectivity index (χ4v) is 3.98. The molecule has 0 radical (unpaired) electrons. The molecule has 1 unspecified atom stereocenters. The number of halogens is 2. The Morgan fingerprint density at radius 1 is 1.33 bits per heavy atom. The fraction of sp³-hybridized carbons (Fsp3) is 0.375. The molecule has 5 heteroatoms. The number of nitrogens with two attached hydrogens (primary N) is 1. The van der Waals surface area contributed by atoms with Gasteiger partial charge < -0.3 is 10.6 Å². The summed E-state index contributed by atoms with van der Waals surface area (Å²) in [5, 5.41) is 2.04. The molecule has 0 saturated heterocycles. The van der Waals surface area contributed by atoms with Gasteiger partial charge in [-0.25, -0.2) is 8.78 Å². The van der Waals surface area contributed by atoms with E-state index in [-0.39, 0.29) is 11.7 Å². The number of benzene rings is 1. The quantitative estimate of drug-likeness (QED) is 0.938. The summed E-state index contributed by atoms with van der Waals surface area (Å²) in [6, 6.07) is 4.85. The van der Waals surface area contributed by atoms with E-state index in [2.05, 4.69) is 6.07 Å². The molecular weight excluding hydrogens is 290 g/mol. The highest BCUT2D eigenvalue weighted by molar-refractivity contribution is 7.10. The van der Waals surface area contributed by atoms with E-state index in [9.17, 15) is 8.78 Å². The predicted octanol–water partition coefficient (Wildman–Crippen LogP) is 3.65. The molecule has 1 aliphatic heterocycles. The smallest absolute Gasteiger partial charge is 0.149 e. The van der Waals surface area contributed by atoms with Crippen LogP contribution in [0, 0.1) is 11.6 Å². The first-order valence-electron chi connectivity index (χ1n) is 7.12. The molecule has 3 rings (SSSR count). The predicted molar refractivity (Wildman–Crippen MR) is 82.9 cm³/mol. The maximum Gasteiger partial charge on any atom is 0.149 e. The largest absolute Gasteiger partial charge is 0.360 e. The lowest BCUT2D eigenvalue weighted by Crippen LogP contribution is -2.34. The van der Waals surface area contributed by atoms with Gasteiger partial charge in [-0.15, -0.1) is 11.3 Å². The zero-order valence-corrected chi connectivity index (χ0v) is 12.7. The van der Waals surface area contributed by atoms with E-state index in [1.54, 1.807) is 11.3 Å². The SMILES string of the molecule is CC1c2ccsc2CCN1c1c(F)cc(CCN)cc1F. The van der Waals surface area contributed by atoms with E-state index >= 15 is 0 Å². The molecule has 1 aromatic heterocycles. The summed E-state index contributed by atoms with van der Waals surface area (Å²) in [7, 11) is 0. The molecule has 2 N–H and O–H groups in total. The summed E-state index contributed by atoms with van der Waals surface area (Å²) >= 11 is 1.72. The molecule has 1 atom stereocenters. The van der Waals surface area contributed by atoms with Gasteiger partial charge in [-0.05, 0) is 61.0 Å². The Morgan fingerprint density at radius 3 is 2.71 bits per heavy atom. The third-order valence-corrected chi connectivity index (χ3v) is 5.07. The van der Waals surface area contributed by atoms with E-state index in [1.807, 2.05) is 17.2 Å². The highest BCUT2D eigenvalue weighted by Gasteiger charge is 2.28. The first-order valence-corrected chi connectivity index (χ1v) is 8.00. The van der Waals surface area contributed by atoms with Crippen LogP contribution in [0.2, 0.25) is 0 Å². The minimum absolute atomic E-state index is 0.00985. The second-order valence-corrected chi connectivity index (χ2v) is 6.37. The van der Waals surface area contributed by atoms with Gasteiger partial charge >= 0.3 is 0 Å². The van der Waals surface area contributed by atoms with E-state index < -0.39 is 11.6 Å². The highest BCUT2D eigenvalue weighted by atomic mass is 32.1. The van der Waals surface area contributed by atoms with Gasteiger partial charge in [0.05, 0.1) is 6.04 Å². The number of anilines is 1. The standard InChI is InChI=1S/C16H18F2N2S/c1-10-12-4-7-21-15(12)3-6-20(10)16-13(17)8-11(2-5-19)9-14(16)18/h4,7-10H,2-3,5-6,19H2,1H3. The van der Waals surface area contributed by atoms with E-state index in [4.69, 9.17) is 5.73 Å². The molecule has 21 heavy (non-hydrogen) atoms. The van der Waals surface area contributed by atoms with Gasteiger partial charge in [0, 0.05) is 11.4 Å². The molecule has 1 aliphatic rings. The summed E-state index contributed by atoms with van der Waals surface area (Å²) < 4.78 is 28.7. The second-order valence-electron chi connectivity index (χ2n) is 5.37. The van der Waals surface area contributed by atoms with Crippen molar-refractivity contribution >= 4 is 17.0 Å². The summed E-state index contributed by atoms with van der Waals surface area (Å²) in [5.74, 6) is -0.993. The van der Waals surface area contributed by atoms with Crippen LogP contribution in [-0.4, -0.2) is 13.1 Å². The van der Waals surface area contributed by atoms with Crippen molar-refractivity contribution in [3.63, 3.8) is 0 Å². The lowest BCUT2D eigenvalue weighted by molar-refractivity contribution is 0.540.